The van der Waals surface area contributed by atoms with Crippen LogP contribution in [-0.2, 0) is 13.1 Å². The predicted molar refractivity (Wildman–Crippen MR) is 95.9 cm³/mol. The number of benzene rings is 1. The lowest BCUT2D eigenvalue weighted by molar-refractivity contribution is 0.0950. The average Bonchev–Trinajstić information content (AvgIpc) is 2.67. The van der Waals surface area contributed by atoms with E-state index in [4.69, 9.17) is 0 Å². The van der Waals surface area contributed by atoms with Crippen LogP contribution in [0.5, 0.6) is 0 Å². The van der Waals surface area contributed by atoms with Crippen molar-refractivity contribution in [2.24, 2.45) is 0 Å². The maximum atomic E-state index is 12.2. The summed E-state index contributed by atoms with van der Waals surface area (Å²) in [6.07, 6.45) is 4.76. The highest BCUT2D eigenvalue weighted by Crippen LogP contribution is 2.05. The van der Waals surface area contributed by atoms with E-state index in [-0.39, 0.29) is 5.91 Å². The van der Waals surface area contributed by atoms with Crippen molar-refractivity contribution >= 4 is 11.9 Å². The fourth-order valence-corrected chi connectivity index (χ4v) is 2.20. The van der Waals surface area contributed by atoms with E-state index in [2.05, 4.69) is 25.6 Å². The molecule has 0 aliphatic rings. The third-order valence-electron chi connectivity index (χ3n) is 3.64. The number of carbonyl (C=O) groups is 1. The molecule has 2 heterocycles. The van der Waals surface area contributed by atoms with Gasteiger partial charge in [0.15, 0.2) is 0 Å². The molecule has 25 heavy (non-hydrogen) atoms. The van der Waals surface area contributed by atoms with Crippen molar-refractivity contribution in [3.05, 3.63) is 83.4 Å². The fourth-order valence-electron chi connectivity index (χ4n) is 2.20. The molecule has 0 saturated heterocycles. The molecule has 0 aliphatic carbocycles. The van der Waals surface area contributed by atoms with Gasteiger partial charge in [-0.3, -0.25) is 9.78 Å². The van der Waals surface area contributed by atoms with Crippen LogP contribution >= 0.6 is 0 Å². The molecule has 0 radical (unpaired) electrons. The van der Waals surface area contributed by atoms with Crippen molar-refractivity contribution in [1.29, 1.82) is 0 Å². The second-order valence-electron chi connectivity index (χ2n) is 5.64. The van der Waals surface area contributed by atoms with Gasteiger partial charge in [-0.05, 0) is 24.6 Å². The number of aryl methyl sites for hydroxylation is 1. The molecule has 0 bridgehead atoms. The third kappa shape index (κ3) is 4.84. The van der Waals surface area contributed by atoms with E-state index in [1.165, 1.54) is 18.0 Å². The van der Waals surface area contributed by atoms with Crippen LogP contribution in [0.3, 0.4) is 0 Å². The number of nitrogens with one attached hydrogen (secondary N) is 2. The molecule has 0 spiro atoms. The van der Waals surface area contributed by atoms with Gasteiger partial charge in [0.05, 0.1) is 17.8 Å². The average molecular weight is 333 g/mol. The van der Waals surface area contributed by atoms with Crippen LogP contribution in [0.15, 0.2) is 61.1 Å². The Morgan fingerprint density at radius 1 is 0.960 bits per heavy atom. The van der Waals surface area contributed by atoms with E-state index in [1.54, 1.807) is 6.20 Å². The van der Waals surface area contributed by atoms with Gasteiger partial charge in [0.1, 0.15) is 0 Å². The molecule has 1 amide bonds. The van der Waals surface area contributed by atoms with Crippen molar-refractivity contribution < 1.29 is 4.79 Å². The molecule has 3 aromatic rings. The van der Waals surface area contributed by atoms with Gasteiger partial charge in [0.2, 0.25) is 5.95 Å². The summed E-state index contributed by atoms with van der Waals surface area (Å²) < 4.78 is 0. The third-order valence-corrected chi connectivity index (χ3v) is 3.64. The first kappa shape index (κ1) is 16.6. The summed E-state index contributed by atoms with van der Waals surface area (Å²) in [5, 5.41) is 5.94. The monoisotopic (exact) mass is 333 g/mol. The summed E-state index contributed by atoms with van der Waals surface area (Å²) in [4.78, 5) is 24.7. The van der Waals surface area contributed by atoms with Gasteiger partial charge in [-0.1, -0.05) is 35.9 Å². The van der Waals surface area contributed by atoms with Crippen LogP contribution in [0.2, 0.25) is 0 Å². The van der Waals surface area contributed by atoms with E-state index >= 15 is 0 Å². The molecular formula is C19H19N5O. The number of anilines is 1. The molecule has 0 saturated carbocycles. The number of aromatic nitrogens is 3. The summed E-state index contributed by atoms with van der Waals surface area (Å²) in [6, 6.07) is 13.7. The Balaban J connectivity index is 1.52. The fraction of sp³-hybridized carbons (Fsp3) is 0.158. The van der Waals surface area contributed by atoms with Gasteiger partial charge in [-0.15, -0.1) is 0 Å². The lowest BCUT2D eigenvalue weighted by Gasteiger charge is -2.07. The number of amides is 1. The zero-order valence-corrected chi connectivity index (χ0v) is 13.9. The van der Waals surface area contributed by atoms with Gasteiger partial charge in [0, 0.05) is 25.1 Å². The zero-order chi connectivity index (χ0) is 17.5. The largest absolute Gasteiger partial charge is 0.349 e. The van der Waals surface area contributed by atoms with E-state index in [1.807, 2.05) is 49.4 Å². The molecular weight excluding hydrogens is 314 g/mol. The molecule has 0 aliphatic heterocycles. The molecule has 0 fully saturated rings. The van der Waals surface area contributed by atoms with Crippen LogP contribution in [0, 0.1) is 6.92 Å². The lowest BCUT2D eigenvalue weighted by Crippen LogP contribution is -2.23. The highest BCUT2D eigenvalue weighted by atomic mass is 16.1. The minimum Gasteiger partial charge on any atom is -0.349 e. The molecule has 6 nitrogen and oxygen atoms in total. The minimum absolute atomic E-state index is 0.197. The molecule has 1 aromatic carbocycles. The van der Waals surface area contributed by atoms with Crippen molar-refractivity contribution in [2.45, 2.75) is 20.0 Å². The summed E-state index contributed by atoms with van der Waals surface area (Å²) in [7, 11) is 0. The summed E-state index contributed by atoms with van der Waals surface area (Å²) in [5.41, 5.74) is 3.56. The number of pyridine rings is 1. The normalized spacial score (nSPS) is 10.3. The topological polar surface area (TPSA) is 79.8 Å². The first-order valence-corrected chi connectivity index (χ1v) is 8.00. The van der Waals surface area contributed by atoms with Gasteiger partial charge < -0.3 is 10.6 Å². The molecule has 6 heteroatoms. The molecule has 126 valence electrons. The smallest absolute Gasteiger partial charge is 0.254 e. The molecule has 2 aromatic heterocycles. The summed E-state index contributed by atoms with van der Waals surface area (Å²) in [5.74, 6) is 0.262. The Morgan fingerprint density at radius 3 is 2.40 bits per heavy atom. The minimum atomic E-state index is -0.197. The highest BCUT2D eigenvalue weighted by molar-refractivity contribution is 5.93. The first-order valence-electron chi connectivity index (χ1n) is 8.00. The van der Waals surface area contributed by atoms with Crippen molar-refractivity contribution in [3.63, 3.8) is 0 Å². The predicted octanol–water partition coefficient (Wildman–Crippen LogP) is 2.72. The molecule has 2 N–H and O–H groups in total. The Labute approximate surface area is 146 Å². The Hall–Kier alpha value is -3.28. The Kier molecular flexibility index (Phi) is 5.31. The second-order valence-corrected chi connectivity index (χ2v) is 5.64. The molecule has 0 atom stereocenters. The van der Waals surface area contributed by atoms with Gasteiger partial charge in [-0.25, -0.2) is 9.97 Å². The number of carbonyl (C=O) groups excluding carboxylic acids is 1. The number of hydrogen-bond acceptors (Lipinski definition) is 5. The Bertz CT molecular complexity index is 817. The Morgan fingerprint density at radius 2 is 1.72 bits per heavy atom. The van der Waals surface area contributed by atoms with Crippen LogP contribution < -0.4 is 10.6 Å². The van der Waals surface area contributed by atoms with Crippen LogP contribution in [0.1, 0.15) is 27.2 Å². The van der Waals surface area contributed by atoms with Crippen molar-refractivity contribution in [3.8, 4) is 0 Å². The number of nitrogens with zero attached hydrogens (tertiary/aromatic N) is 3. The van der Waals surface area contributed by atoms with E-state index in [0.29, 0.717) is 24.6 Å². The lowest BCUT2D eigenvalue weighted by atomic mass is 10.1. The first-order chi connectivity index (χ1) is 12.2. The van der Waals surface area contributed by atoms with Crippen LogP contribution in [0.25, 0.3) is 0 Å². The summed E-state index contributed by atoms with van der Waals surface area (Å²) >= 11 is 0. The number of rotatable bonds is 6. The van der Waals surface area contributed by atoms with Gasteiger partial charge in [0.25, 0.3) is 5.91 Å². The van der Waals surface area contributed by atoms with E-state index < -0.39 is 0 Å². The van der Waals surface area contributed by atoms with Gasteiger partial charge in [-0.2, -0.15) is 0 Å². The molecule has 0 unspecified atom stereocenters. The SMILES string of the molecule is Cc1ccc(CNC(=O)c2cnc(NCc3ccccn3)nc2)cc1. The second kappa shape index (κ2) is 8.01. The van der Waals surface area contributed by atoms with Crippen molar-refractivity contribution in [1.82, 2.24) is 20.3 Å². The van der Waals surface area contributed by atoms with Gasteiger partial charge >= 0.3 is 0 Å². The maximum absolute atomic E-state index is 12.2. The summed E-state index contributed by atoms with van der Waals surface area (Å²) in [6.45, 7) is 3.03. The highest BCUT2D eigenvalue weighted by Gasteiger charge is 2.07. The zero-order valence-electron chi connectivity index (χ0n) is 13.9. The maximum Gasteiger partial charge on any atom is 0.254 e. The quantitative estimate of drug-likeness (QED) is 0.725. The van der Waals surface area contributed by atoms with Crippen LogP contribution in [0.4, 0.5) is 5.95 Å². The molecule has 3 rings (SSSR count). The van der Waals surface area contributed by atoms with Crippen molar-refractivity contribution in [2.75, 3.05) is 5.32 Å². The van der Waals surface area contributed by atoms with Crippen LogP contribution in [-0.4, -0.2) is 20.9 Å². The van der Waals surface area contributed by atoms with E-state index in [9.17, 15) is 4.79 Å². The van der Waals surface area contributed by atoms with E-state index in [0.717, 1.165) is 11.3 Å². The standard InChI is InChI=1S/C19H19N5O/c1-14-5-7-15(8-6-14)10-21-18(25)16-11-22-19(23-12-16)24-13-17-4-2-3-9-20-17/h2-9,11-12H,10,13H2,1H3,(H,21,25)(H,22,23,24). The number of hydrogen-bond donors (Lipinski definition) is 2.